The smallest absolute Gasteiger partial charge is 0.321 e. The Morgan fingerprint density at radius 2 is 2.06 bits per heavy atom. The minimum absolute atomic E-state index is 0.212. The number of aryl methyl sites for hydroxylation is 1. The van der Waals surface area contributed by atoms with Crippen LogP contribution in [0.25, 0.3) is 0 Å². The maximum atomic E-state index is 12.3. The van der Waals surface area contributed by atoms with Crippen molar-refractivity contribution >= 4 is 5.97 Å². The third kappa shape index (κ3) is 2.26. The summed E-state index contributed by atoms with van der Waals surface area (Å²) in [6.45, 7) is 4.17. The maximum Gasteiger partial charge on any atom is 0.321 e. The Bertz CT molecular complexity index is 408. The van der Waals surface area contributed by atoms with Gasteiger partial charge in [-0.1, -0.05) is 31.3 Å². The predicted octanol–water partition coefficient (Wildman–Crippen LogP) is 2.40. The van der Waals surface area contributed by atoms with Gasteiger partial charge in [0.15, 0.2) is 5.82 Å². The van der Waals surface area contributed by atoms with E-state index in [1.807, 2.05) is 13.8 Å². The summed E-state index contributed by atoms with van der Waals surface area (Å²) in [7, 11) is 0. The molecule has 0 bridgehead atoms. The van der Waals surface area contributed by atoms with Gasteiger partial charge in [-0.05, 0) is 19.8 Å². The normalized spacial score (nSPS) is 18.6. The second kappa shape index (κ2) is 5.50. The molecule has 0 aliphatic heterocycles. The molecular formula is C13H20N2O3. The number of rotatable bonds is 4. The maximum absolute atomic E-state index is 12.3. The average molecular weight is 252 g/mol. The second-order valence-electron chi connectivity index (χ2n) is 4.73. The minimum Gasteiger partial charge on any atom is -0.465 e. The van der Waals surface area contributed by atoms with Gasteiger partial charge in [-0.3, -0.25) is 4.79 Å². The molecular weight excluding hydrogens is 232 g/mol. The molecule has 18 heavy (non-hydrogen) atoms. The van der Waals surface area contributed by atoms with Crippen molar-refractivity contribution in [1.82, 2.24) is 10.1 Å². The molecule has 0 unspecified atom stereocenters. The molecule has 1 heterocycles. The van der Waals surface area contributed by atoms with Crippen LogP contribution in [0.15, 0.2) is 4.52 Å². The van der Waals surface area contributed by atoms with E-state index in [9.17, 15) is 4.79 Å². The second-order valence-corrected chi connectivity index (χ2v) is 4.73. The zero-order valence-corrected chi connectivity index (χ0v) is 11.1. The van der Waals surface area contributed by atoms with Gasteiger partial charge in [0.05, 0.1) is 6.61 Å². The molecule has 1 saturated carbocycles. The molecule has 5 heteroatoms. The van der Waals surface area contributed by atoms with E-state index in [4.69, 9.17) is 9.26 Å². The fourth-order valence-corrected chi connectivity index (χ4v) is 2.52. The Hall–Kier alpha value is -1.39. The van der Waals surface area contributed by atoms with Gasteiger partial charge >= 0.3 is 5.97 Å². The highest BCUT2D eigenvalue weighted by Gasteiger charge is 2.47. The van der Waals surface area contributed by atoms with Gasteiger partial charge in [0.2, 0.25) is 5.89 Å². The molecule has 1 aliphatic carbocycles. The first-order valence-corrected chi connectivity index (χ1v) is 6.73. The molecule has 1 aromatic rings. The minimum atomic E-state index is -0.700. The van der Waals surface area contributed by atoms with Crippen molar-refractivity contribution in [2.45, 2.75) is 57.8 Å². The summed E-state index contributed by atoms with van der Waals surface area (Å²) < 4.78 is 10.5. The lowest BCUT2D eigenvalue weighted by Crippen LogP contribution is -2.39. The highest BCUT2D eigenvalue weighted by molar-refractivity contribution is 5.82. The monoisotopic (exact) mass is 252 g/mol. The number of ether oxygens (including phenoxy) is 1. The van der Waals surface area contributed by atoms with Gasteiger partial charge in [-0.2, -0.15) is 4.98 Å². The van der Waals surface area contributed by atoms with Crippen LogP contribution in [-0.2, 0) is 21.4 Å². The van der Waals surface area contributed by atoms with Crippen LogP contribution in [-0.4, -0.2) is 22.7 Å². The number of hydrogen-bond acceptors (Lipinski definition) is 5. The molecule has 100 valence electrons. The van der Waals surface area contributed by atoms with Gasteiger partial charge in [0.1, 0.15) is 5.41 Å². The fraction of sp³-hybridized carbons (Fsp3) is 0.769. The van der Waals surface area contributed by atoms with Gasteiger partial charge in [0, 0.05) is 6.42 Å². The van der Waals surface area contributed by atoms with Crippen LogP contribution in [0.4, 0.5) is 0 Å². The Labute approximate surface area is 107 Å². The molecule has 1 fully saturated rings. The molecule has 2 rings (SSSR count). The van der Waals surface area contributed by atoms with Gasteiger partial charge in [0.25, 0.3) is 0 Å². The van der Waals surface area contributed by atoms with Crippen molar-refractivity contribution in [2.24, 2.45) is 0 Å². The van der Waals surface area contributed by atoms with Crippen LogP contribution in [0.2, 0.25) is 0 Å². The van der Waals surface area contributed by atoms with Crippen molar-refractivity contribution in [3.63, 3.8) is 0 Å². The van der Waals surface area contributed by atoms with Crippen LogP contribution in [0, 0.1) is 0 Å². The first-order chi connectivity index (χ1) is 8.73. The standard InChI is InChI=1S/C13H20N2O3/c1-3-10-14-11(18-15-10)13(12(16)17-4-2)8-6-5-7-9-13/h3-9H2,1-2H3. The largest absolute Gasteiger partial charge is 0.465 e. The van der Waals surface area contributed by atoms with Crippen molar-refractivity contribution < 1.29 is 14.1 Å². The molecule has 0 radical (unpaired) electrons. The van der Waals surface area contributed by atoms with Crippen LogP contribution in [0.3, 0.4) is 0 Å². The van der Waals surface area contributed by atoms with Crippen LogP contribution >= 0.6 is 0 Å². The van der Waals surface area contributed by atoms with E-state index >= 15 is 0 Å². The molecule has 5 nitrogen and oxygen atoms in total. The van der Waals surface area contributed by atoms with E-state index < -0.39 is 5.41 Å². The predicted molar refractivity (Wildman–Crippen MR) is 65.1 cm³/mol. The Balaban J connectivity index is 2.31. The molecule has 0 atom stereocenters. The number of esters is 1. The molecule has 0 amide bonds. The summed E-state index contributed by atoms with van der Waals surface area (Å²) in [5.74, 6) is 0.882. The third-order valence-corrected chi connectivity index (χ3v) is 3.57. The van der Waals surface area contributed by atoms with E-state index in [1.54, 1.807) is 0 Å². The van der Waals surface area contributed by atoms with Gasteiger partial charge in [-0.15, -0.1) is 0 Å². The van der Waals surface area contributed by atoms with E-state index in [0.717, 1.165) is 32.1 Å². The van der Waals surface area contributed by atoms with Crippen molar-refractivity contribution in [3.05, 3.63) is 11.7 Å². The number of carbonyl (C=O) groups is 1. The third-order valence-electron chi connectivity index (χ3n) is 3.57. The summed E-state index contributed by atoms with van der Waals surface area (Å²) in [4.78, 5) is 16.6. The Kier molecular flexibility index (Phi) is 3.99. The SMILES string of the molecule is CCOC(=O)C1(c2nc(CC)no2)CCCCC1. The lowest BCUT2D eigenvalue weighted by molar-refractivity contribution is -0.152. The first-order valence-electron chi connectivity index (χ1n) is 6.73. The Morgan fingerprint density at radius 3 is 2.61 bits per heavy atom. The van der Waals surface area contributed by atoms with Crippen LogP contribution in [0.5, 0.6) is 0 Å². The molecule has 0 spiro atoms. The van der Waals surface area contributed by atoms with E-state index in [-0.39, 0.29) is 5.97 Å². The lowest BCUT2D eigenvalue weighted by Gasteiger charge is -2.31. The molecule has 0 aromatic carbocycles. The fourth-order valence-electron chi connectivity index (χ4n) is 2.52. The molecule has 1 aliphatic rings. The average Bonchev–Trinajstić information content (AvgIpc) is 2.89. The molecule has 0 N–H and O–H groups in total. The van der Waals surface area contributed by atoms with Crippen LogP contribution in [0.1, 0.15) is 57.7 Å². The van der Waals surface area contributed by atoms with E-state index in [1.165, 1.54) is 0 Å². The summed E-state index contributed by atoms with van der Waals surface area (Å²) in [5, 5.41) is 3.90. The number of nitrogens with zero attached hydrogens (tertiary/aromatic N) is 2. The number of hydrogen-bond donors (Lipinski definition) is 0. The zero-order valence-electron chi connectivity index (χ0n) is 11.1. The van der Waals surface area contributed by atoms with Crippen LogP contribution < -0.4 is 0 Å². The number of carbonyl (C=O) groups excluding carboxylic acids is 1. The Morgan fingerprint density at radius 1 is 1.33 bits per heavy atom. The highest BCUT2D eigenvalue weighted by Crippen LogP contribution is 2.39. The summed E-state index contributed by atoms with van der Waals surface area (Å²) in [5.41, 5.74) is -0.700. The quantitative estimate of drug-likeness (QED) is 0.770. The molecule has 0 saturated heterocycles. The topological polar surface area (TPSA) is 65.2 Å². The molecule has 1 aromatic heterocycles. The van der Waals surface area contributed by atoms with Crippen molar-refractivity contribution in [2.75, 3.05) is 6.61 Å². The van der Waals surface area contributed by atoms with E-state index in [0.29, 0.717) is 24.7 Å². The van der Waals surface area contributed by atoms with Crippen molar-refractivity contribution in [3.8, 4) is 0 Å². The highest BCUT2D eigenvalue weighted by atomic mass is 16.5. The summed E-state index contributed by atoms with van der Waals surface area (Å²) in [6, 6.07) is 0. The van der Waals surface area contributed by atoms with Crippen molar-refractivity contribution in [1.29, 1.82) is 0 Å². The van der Waals surface area contributed by atoms with Gasteiger partial charge < -0.3 is 9.26 Å². The first kappa shape index (κ1) is 13.1. The summed E-state index contributed by atoms with van der Waals surface area (Å²) >= 11 is 0. The van der Waals surface area contributed by atoms with E-state index in [2.05, 4.69) is 10.1 Å². The van der Waals surface area contributed by atoms with Gasteiger partial charge in [-0.25, -0.2) is 0 Å². The number of aromatic nitrogens is 2. The lowest BCUT2D eigenvalue weighted by atomic mass is 9.74. The zero-order chi connectivity index (χ0) is 13.0. The summed E-state index contributed by atoms with van der Waals surface area (Å²) in [6.07, 6.45) is 5.36.